The van der Waals surface area contributed by atoms with Crippen molar-refractivity contribution in [3.05, 3.63) is 12.5 Å². The molecule has 13 heavy (non-hydrogen) atoms. The van der Waals surface area contributed by atoms with Gasteiger partial charge in [-0.05, 0) is 0 Å². The van der Waals surface area contributed by atoms with Gasteiger partial charge in [0, 0.05) is 0 Å². The van der Waals surface area contributed by atoms with E-state index < -0.39 is 0 Å². The number of hydrogen-bond donors (Lipinski definition) is 2. The summed E-state index contributed by atoms with van der Waals surface area (Å²) in [7, 11) is 0. The molecule has 0 atom stereocenters. The number of aromatic nitrogens is 4. The molecule has 0 radical (unpaired) electrons. The van der Waals surface area contributed by atoms with Crippen molar-refractivity contribution in [2.24, 2.45) is 0 Å². The van der Waals surface area contributed by atoms with Crippen molar-refractivity contribution < 1.29 is 0 Å². The van der Waals surface area contributed by atoms with Gasteiger partial charge in [-0.2, -0.15) is 4.98 Å². The second kappa shape index (κ2) is 4.11. The highest BCUT2D eigenvalue weighted by atomic mass is 35.5. The molecule has 2 aromatic heterocycles. The van der Waals surface area contributed by atoms with Crippen LogP contribution in [0.2, 0.25) is 0 Å². The summed E-state index contributed by atoms with van der Waals surface area (Å²) in [6.07, 6.45) is 2.99. The third-order valence-electron chi connectivity index (χ3n) is 1.35. The fourth-order valence-corrected chi connectivity index (χ4v) is 0.836. The fraction of sp³-hybridized carbons (Fsp3) is 0. The second-order valence-electron chi connectivity index (χ2n) is 2.09. The van der Waals surface area contributed by atoms with Gasteiger partial charge in [-0.1, -0.05) is 0 Å². The van der Waals surface area contributed by atoms with Gasteiger partial charge < -0.3 is 11.6 Å². The van der Waals surface area contributed by atoms with Crippen molar-refractivity contribution in [2.75, 3.05) is 11.6 Å². The normalized spacial score (nSPS) is 8.92. The van der Waals surface area contributed by atoms with Crippen LogP contribution in [-0.2, 0) is 0 Å². The number of fused-ring (bicyclic) bond motifs is 1. The van der Waals surface area contributed by atoms with Gasteiger partial charge in [-0.3, -0.25) is 0 Å². The number of anilines is 1. The van der Waals surface area contributed by atoms with E-state index in [1.165, 1.54) is 17.2 Å². The molecule has 0 aromatic carbocycles. The molecule has 0 aliphatic rings. The third kappa shape index (κ3) is 1.90. The van der Waals surface area contributed by atoms with Gasteiger partial charge in [-0.15, -0.1) is 24.8 Å². The lowest BCUT2D eigenvalue weighted by Crippen LogP contribution is -2.05. The van der Waals surface area contributed by atoms with Gasteiger partial charge in [-0.25, -0.2) is 14.6 Å². The Bertz CT molecular complexity index is 399. The van der Waals surface area contributed by atoms with Crippen LogP contribution in [0.4, 0.5) is 5.95 Å². The molecule has 6 nitrogen and oxygen atoms in total. The molecule has 2 rings (SSSR count). The lowest BCUT2D eigenvalue weighted by molar-refractivity contribution is 1.03. The van der Waals surface area contributed by atoms with Crippen molar-refractivity contribution in [1.29, 1.82) is 0 Å². The molecule has 0 saturated carbocycles. The van der Waals surface area contributed by atoms with Crippen LogP contribution >= 0.6 is 24.8 Å². The van der Waals surface area contributed by atoms with Gasteiger partial charge in [0.2, 0.25) is 5.95 Å². The second-order valence-corrected chi connectivity index (χ2v) is 2.09. The van der Waals surface area contributed by atoms with Crippen LogP contribution < -0.4 is 11.6 Å². The maximum absolute atomic E-state index is 5.46. The van der Waals surface area contributed by atoms with Crippen molar-refractivity contribution >= 4 is 41.9 Å². The predicted molar refractivity (Wildman–Crippen MR) is 54.4 cm³/mol. The summed E-state index contributed by atoms with van der Waals surface area (Å²) < 4.78 is 1.34. The highest BCUT2D eigenvalue weighted by Crippen LogP contribution is 2.05. The summed E-state index contributed by atoms with van der Waals surface area (Å²) in [6, 6.07) is 0. The quantitative estimate of drug-likeness (QED) is 0.611. The molecule has 2 heterocycles. The monoisotopic (exact) mass is 222 g/mol. The average Bonchev–Trinajstić information content (AvgIpc) is 2.32. The zero-order valence-electron chi connectivity index (χ0n) is 6.41. The number of rotatable bonds is 0. The van der Waals surface area contributed by atoms with Gasteiger partial charge >= 0.3 is 0 Å². The smallest absolute Gasteiger partial charge is 0.222 e. The number of imidazole rings is 1. The molecule has 0 saturated heterocycles. The van der Waals surface area contributed by atoms with Gasteiger partial charge in [0.05, 0.1) is 6.20 Å². The van der Waals surface area contributed by atoms with E-state index in [-0.39, 0.29) is 30.8 Å². The minimum atomic E-state index is 0. The Morgan fingerprint density at radius 3 is 2.62 bits per heavy atom. The summed E-state index contributed by atoms with van der Waals surface area (Å²) in [5, 5.41) is 0. The minimum absolute atomic E-state index is 0. The molecule has 8 heteroatoms. The number of nitrogen functional groups attached to an aromatic ring is 2. The molecule has 2 aromatic rings. The van der Waals surface area contributed by atoms with E-state index >= 15 is 0 Å². The molecule has 0 aliphatic carbocycles. The largest absolute Gasteiger partial charge is 0.368 e. The first-order valence-corrected chi connectivity index (χ1v) is 2.98. The summed E-state index contributed by atoms with van der Waals surface area (Å²) in [4.78, 5) is 11.5. The molecular weight excluding hydrogens is 215 g/mol. The Morgan fingerprint density at radius 1 is 1.23 bits per heavy atom. The van der Waals surface area contributed by atoms with Gasteiger partial charge in [0.15, 0.2) is 5.65 Å². The molecule has 0 spiro atoms. The standard InChI is InChI=1S/C5H6N6.2ClH/c6-5-8-1-3-4(10-5)9-2-11(3)7;;/h1-2H,7H2,(H2,6,8,10);2*1H. The van der Waals surface area contributed by atoms with Gasteiger partial charge in [0.25, 0.3) is 0 Å². The molecule has 72 valence electrons. The third-order valence-corrected chi connectivity index (χ3v) is 1.35. The van der Waals surface area contributed by atoms with Gasteiger partial charge in [0.1, 0.15) is 11.8 Å². The Hall–Kier alpha value is -1.27. The van der Waals surface area contributed by atoms with Crippen LogP contribution in [0.3, 0.4) is 0 Å². The van der Waals surface area contributed by atoms with Crippen molar-refractivity contribution in [2.45, 2.75) is 0 Å². The first-order chi connectivity index (χ1) is 5.27. The topological polar surface area (TPSA) is 95.6 Å². The molecule has 0 aliphatic heterocycles. The van der Waals surface area contributed by atoms with Crippen molar-refractivity contribution in [3.8, 4) is 0 Å². The van der Waals surface area contributed by atoms with E-state index in [1.54, 1.807) is 0 Å². The van der Waals surface area contributed by atoms with E-state index in [2.05, 4.69) is 15.0 Å². The van der Waals surface area contributed by atoms with Crippen LogP contribution in [0.1, 0.15) is 0 Å². The number of hydrogen-bond acceptors (Lipinski definition) is 5. The molecule has 0 unspecified atom stereocenters. The van der Waals surface area contributed by atoms with Crippen LogP contribution in [0.5, 0.6) is 0 Å². The predicted octanol–water partition coefficient (Wildman–Crippen LogP) is -0.0341. The maximum Gasteiger partial charge on any atom is 0.222 e. The summed E-state index contributed by atoms with van der Waals surface area (Å²) in [5.41, 5.74) is 6.50. The summed E-state index contributed by atoms with van der Waals surface area (Å²) in [6.45, 7) is 0. The summed E-state index contributed by atoms with van der Waals surface area (Å²) in [5.74, 6) is 5.66. The molecule has 0 fully saturated rings. The number of halogens is 2. The Kier molecular flexibility index (Phi) is 3.70. The highest BCUT2D eigenvalue weighted by molar-refractivity contribution is 5.85. The average molecular weight is 223 g/mol. The van der Waals surface area contributed by atoms with Crippen LogP contribution in [0.25, 0.3) is 11.2 Å². The Balaban J connectivity index is 0.000000720. The maximum atomic E-state index is 5.46. The van der Waals surface area contributed by atoms with E-state index in [0.29, 0.717) is 11.2 Å². The van der Waals surface area contributed by atoms with Crippen molar-refractivity contribution in [3.63, 3.8) is 0 Å². The number of nitrogens with two attached hydrogens (primary N) is 2. The molecular formula is C5H8Cl2N6. The number of nitrogens with zero attached hydrogens (tertiary/aromatic N) is 4. The molecule has 4 N–H and O–H groups in total. The Morgan fingerprint density at radius 2 is 1.92 bits per heavy atom. The van der Waals surface area contributed by atoms with E-state index in [9.17, 15) is 0 Å². The minimum Gasteiger partial charge on any atom is -0.368 e. The zero-order valence-corrected chi connectivity index (χ0v) is 8.05. The van der Waals surface area contributed by atoms with Crippen LogP contribution in [-0.4, -0.2) is 19.6 Å². The van der Waals surface area contributed by atoms with Crippen LogP contribution in [0, 0.1) is 0 Å². The van der Waals surface area contributed by atoms with Crippen molar-refractivity contribution in [1.82, 2.24) is 19.6 Å². The first-order valence-electron chi connectivity index (χ1n) is 2.98. The highest BCUT2D eigenvalue weighted by Gasteiger charge is 2.00. The van der Waals surface area contributed by atoms with E-state index in [0.717, 1.165) is 0 Å². The van der Waals surface area contributed by atoms with E-state index in [1.807, 2.05) is 0 Å². The van der Waals surface area contributed by atoms with E-state index in [4.69, 9.17) is 11.6 Å². The Labute approximate surface area is 86.1 Å². The lowest BCUT2D eigenvalue weighted by Gasteiger charge is -1.92. The summed E-state index contributed by atoms with van der Waals surface area (Å²) >= 11 is 0. The lowest BCUT2D eigenvalue weighted by atomic mass is 10.6. The fourth-order valence-electron chi connectivity index (χ4n) is 0.836. The SMILES string of the molecule is Cl.Cl.Nc1ncc2c(ncn2N)n1. The molecule has 0 amide bonds. The first kappa shape index (κ1) is 11.7. The zero-order chi connectivity index (χ0) is 7.84. The molecule has 0 bridgehead atoms. The van der Waals surface area contributed by atoms with Crippen LogP contribution in [0.15, 0.2) is 12.5 Å².